The number of benzene rings is 2. The van der Waals surface area contributed by atoms with Crippen molar-refractivity contribution in [2.24, 2.45) is 5.92 Å². The molecule has 1 aromatic heterocycles. The summed E-state index contributed by atoms with van der Waals surface area (Å²) in [4.78, 5) is 7.20. The van der Waals surface area contributed by atoms with E-state index >= 15 is 0 Å². The number of aromatic hydroxyl groups is 1. The van der Waals surface area contributed by atoms with Gasteiger partial charge in [0.15, 0.2) is 17.6 Å². The Morgan fingerprint density at radius 2 is 2.03 bits per heavy atom. The van der Waals surface area contributed by atoms with Gasteiger partial charge in [0.2, 0.25) is 5.88 Å². The number of aromatic nitrogens is 1. The Kier molecular flexibility index (Phi) is 3.41. The van der Waals surface area contributed by atoms with Crippen LogP contribution in [0.2, 0.25) is 0 Å². The molecule has 5 nitrogen and oxygen atoms in total. The molecule has 0 amide bonds. The molecule has 0 saturated carbocycles. The van der Waals surface area contributed by atoms with Crippen molar-refractivity contribution >= 4 is 10.9 Å². The Morgan fingerprint density at radius 1 is 1.13 bits per heavy atom. The minimum absolute atomic E-state index is 0.158. The van der Waals surface area contributed by atoms with E-state index in [1.165, 1.54) is 11.1 Å². The zero-order valence-corrected chi connectivity index (χ0v) is 17.4. The molecule has 2 aliphatic carbocycles. The molecule has 5 atom stereocenters. The number of likely N-dealkylation sites (N-methyl/N-ethyl adjacent to an activating group) is 1. The molecule has 2 bridgehead atoms. The fraction of sp³-hybridized carbons (Fsp3) is 0.346. The molecule has 4 aliphatic rings. The molecule has 1 N–H and O–H groups in total. The van der Waals surface area contributed by atoms with Crippen LogP contribution < -0.4 is 9.47 Å². The third-order valence-corrected chi connectivity index (χ3v) is 7.96. The van der Waals surface area contributed by atoms with E-state index in [1.54, 1.807) is 6.07 Å². The van der Waals surface area contributed by atoms with Crippen molar-refractivity contribution in [3.63, 3.8) is 0 Å². The third kappa shape index (κ3) is 2.22. The van der Waals surface area contributed by atoms with Crippen molar-refractivity contribution in [3.8, 4) is 17.4 Å². The van der Waals surface area contributed by atoms with Crippen molar-refractivity contribution in [2.75, 3.05) is 13.6 Å². The molecular formula is C26H24N2O3. The summed E-state index contributed by atoms with van der Waals surface area (Å²) in [7, 11) is 2.23. The van der Waals surface area contributed by atoms with E-state index in [-0.39, 0.29) is 23.4 Å². The first-order valence-electron chi connectivity index (χ1n) is 11.1. The van der Waals surface area contributed by atoms with E-state index in [4.69, 9.17) is 14.5 Å². The Balaban J connectivity index is 1.34. The molecule has 7 rings (SSSR count). The lowest BCUT2D eigenvalue weighted by molar-refractivity contribution is -0.0391. The molecule has 156 valence electrons. The van der Waals surface area contributed by atoms with Gasteiger partial charge >= 0.3 is 0 Å². The number of para-hydroxylation sites is 1. The molecule has 3 aromatic rings. The fourth-order valence-corrected chi connectivity index (χ4v) is 6.57. The Bertz CT molecular complexity index is 1250. The average Bonchev–Trinajstić information content (AvgIpc) is 3.14. The number of likely N-dealkylation sites (tertiary alicyclic amines) is 1. The molecule has 3 heterocycles. The third-order valence-electron chi connectivity index (χ3n) is 7.96. The van der Waals surface area contributed by atoms with Crippen molar-refractivity contribution in [3.05, 3.63) is 71.8 Å². The van der Waals surface area contributed by atoms with Crippen LogP contribution in [-0.2, 0) is 11.8 Å². The molecule has 0 radical (unpaired) electrons. The molecule has 1 fully saturated rings. The highest BCUT2D eigenvalue weighted by Crippen LogP contribution is 2.62. The smallest absolute Gasteiger partial charge is 0.214 e. The minimum atomic E-state index is -0.258. The number of rotatable bonds is 2. The van der Waals surface area contributed by atoms with Gasteiger partial charge in [-0.1, -0.05) is 30.3 Å². The SMILES string of the molecule is CN1CC[C@]23c4c5ccc(O)c4O[C@H]2[C@@H](Oc2ccc4ccccc4n2)C=C[C@H]3[C@H]1C5. The van der Waals surface area contributed by atoms with Crippen LogP contribution in [0.15, 0.2) is 60.7 Å². The van der Waals surface area contributed by atoms with Gasteiger partial charge in [0, 0.05) is 34.4 Å². The summed E-state index contributed by atoms with van der Waals surface area (Å²) in [5.41, 5.74) is 3.29. The number of phenols is 1. The maximum Gasteiger partial charge on any atom is 0.214 e. The molecule has 2 aromatic carbocycles. The highest BCUT2D eigenvalue weighted by atomic mass is 16.6. The van der Waals surface area contributed by atoms with Crippen LogP contribution in [0.3, 0.4) is 0 Å². The Labute approximate surface area is 180 Å². The van der Waals surface area contributed by atoms with Crippen molar-refractivity contribution in [2.45, 2.75) is 36.5 Å². The molecule has 2 aliphatic heterocycles. The summed E-state index contributed by atoms with van der Waals surface area (Å²) < 4.78 is 13.0. The van der Waals surface area contributed by atoms with Gasteiger partial charge in [0.05, 0.1) is 5.52 Å². The van der Waals surface area contributed by atoms with Crippen LogP contribution in [0.5, 0.6) is 17.4 Å². The number of fused-ring (bicyclic) bond motifs is 1. The van der Waals surface area contributed by atoms with Crippen LogP contribution in [0.1, 0.15) is 17.5 Å². The second kappa shape index (κ2) is 6.01. The maximum atomic E-state index is 10.6. The average molecular weight is 412 g/mol. The van der Waals surface area contributed by atoms with Gasteiger partial charge in [0.1, 0.15) is 6.10 Å². The van der Waals surface area contributed by atoms with Gasteiger partial charge in [-0.2, -0.15) is 0 Å². The largest absolute Gasteiger partial charge is 0.504 e. The summed E-state index contributed by atoms with van der Waals surface area (Å²) in [6.45, 7) is 1.02. The first-order valence-corrected chi connectivity index (χ1v) is 11.1. The molecule has 31 heavy (non-hydrogen) atoms. The van der Waals surface area contributed by atoms with Gasteiger partial charge < -0.3 is 19.5 Å². The van der Waals surface area contributed by atoms with Crippen molar-refractivity contribution in [1.82, 2.24) is 9.88 Å². The lowest BCUT2D eigenvalue weighted by atomic mass is 9.53. The normalized spacial score (nSPS) is 32.5. The van der Waals surface area contributed by atoms with Crippen LogP contribution in [0, 0.1) is 5.92 Å². The minimum Gasteiger partial charge on any atom is -0.504 e. The zero-order chi connectivity index (χ0) is 20.7. The summed E-state index contributed by atoms with van der Waals surface area (Å²) in [6.07, 6.45) is 6.05. The van der Waals surface area contributed by atoms with Crippen LogP contribution >= 0.6 is 0 Å². The number of pyridine rings is 1. The van der Waals surface area contributed by atoms with E-state index in [0.29, 0.717) is 23.6 Å². The molecular weight excluding hydrogens is 388 g/mol. The number of hydrogen-bond donors (Lipinski definition) is 1. The topological polar surface area (TPSA) is 54.8 Å². The number of hydrogen-bond acceptors (Lipinski definition) is 5. The van der Waals surface area contributed by atoms with Gasteiger partial charge in [-0.05, 0) is 56.3 Å². The van der Waals surface area contributed by atoms with E-state index in [1.807, 2.05) is 30.3 Å². The lowest BCUT2D eigenvalue weighted by Crippen LogP contribution is -2.65. The quantitative estimate of drug-likeness (QED) is 0.649. The van der Waals surface area contributed by atoms with Gasteiger partial charge in [-0.15, -0.1) is 0 Å². The Hall–Kier alpha value is -3.05. The van der Waals surface area contributed by atoms with Crippen LogP contribution in [-0.4, -0.2) is 46.8 Å². The first kappa shape index (κ1) is 17.6. The molecule has 1 spiro atoms. The Morgan fingerprint density at radius 3 is 2.97 bits per heavy atom. The second-order valence-corrected chi connectivity index (χ2v) is 9.36. The highest BCUT2D eigenvalue weighted by molar-refractivity contribution is 5.78. The van der Waals surface area contributed by atoms with Gasteiger partial charge in [0.25, 0.3) is 0 Å². The number of piperidine rings is 1. The summed E-state index contributed by atoms with van der Waals surface area (Å²) in [6, 6.07) is 16.4. The molecule has 0 unspecified atom stereocenters. The maximum absolute atomic E-state index is 10.6. The predicted molar refractivity (Wildman–Crippen MR) is 118 cm³/mol. The lowest BCUT2D eigenvalue weighted by Gasteiger charge is -2.56. The van der Waals surface area contributed by atoms with Crippen molar-refractivity contribution in [1.29, 1.82) is 0 Å². The fourth-order valence-electron chi connectivity index (χ4n) is 6.57. The van der Waals surface area contributed by atoms with Gasteiger partial charge in [-0.3, -0.25) is 0 Å². The second-order valence-electron chi connectivity index (χ2n) is 9.36. The monoisotopic (exact) mass is 412 g/mol. The predicted octanol–water partition coefficient (Wildman–Crippen LogP) is 3.83. The summed E-state index contributed by atoms with van der Waals surface area (Å²) in [5, 5.41) is 11.7. The van der Waals surface area contributed by atoms with E-state index in [0.717, 1.165) is 30.3 Å². The van der Waals surface area contributed by atoms with Crippen molar-refractivity contribution < 1.29 is 14.6 Å². The van der Waals surface area contributed by atoms with E-state index in [2.05, 4.69) is 36.2 Å². The van der Waals surface area contributed by atoms with Crippen LogP contribution in [0.25, 0.3) is 10.9 Å². The molecule has 5 heteroatoms. The summed E-state index contributed by atoms with van der Waals surface area (Å²) >= 11 is 0. The first-order chi connectivity index (χ1) is 15.1. The zero-order valence-electron chi connectivity index (χ0n) is 17.4. The van der Waals surface area contributed by atoms with Gasteiger partial charge in [-0.25, -0.2) is 4.98 Å². The van der Waals surface area contributed by atoms with Crippen LogP contribution in [0.4, 0.5) is 0 Å². The number of nitrogens with zero attached hydrogens (tertiary/aromatic N) is 2. The van der Waals surface area contributed by atoms with E-state index in [9.17, 15) is 5.11 Å². The highest BCUT2D eigenvalue weighted by Gasteiger charge is 2.64. The van der Waals surface area contributed by atoms with E-state index < -0.39 is 0 Å². The standard InChI is InChI=1S/C26H24N2O3/c1-28-13-12-26-17-8-10-21(30-22-11-7-15-4-2-3-5-18(15)27-22)25(26)31-24-20(29)9-6-16(23(24)26)14-19(17)28/h2-11,17,19,21,25,29H,12-14H2,1H3/t17-,19+,21-,25-,26-/m0/s1. The number of phenolic OH excluding ortho intramolecular Hbond substituents is 1. The number of ether oxygens (including phenoxy) is 2. The molecule has 1 saturated heterocycles. The summed E-state index contributed by atoms with van der Waals surface area (Å²) in [5.74, 6) is 1.87.